The van der Waals surface area contributed by atoms with E-state index in [1.54, 1.807) is 0 Å². The largest absolute Gasteiger partial charge is 0.317 e. The van der Waals surface area contributed by atoms with Crippen molar-refractivity contribution in [2.75, 3.05) is 13.1 Å². The highest BCUT2D eigenvalue weighted by molar-refractivity contribution is 7.90. The van der Waals surface area contributed by atoms with Crippen molar-refractivity contribution in [3.63, 3.8) is 0 Å². The molecule has 1 aliphatic carbocycles. The van der Waals surface area contributed by atoms with Crippen LogP contribution in [-0.4, -0.2) is 32.8 Å². The second-order valence-electron chi connectivity index (χ2n) is 6.41. The van der Waals surface area contributed by atoms with E-state index in [2.05, 4.69) is 23.9 Å². The molecule has 19 heavy (non-hydrogen) atoms. The van der Waals surface area contributed by atoms with Crippen LogP contribution < -0.4 is 10.0 Å². The molecule has 0 aromatic carbocycles. The fraction of sp³-hybridized carbons (Fsp3) is 1.00. The fourth-order valence-corrected chi connectivity index (χ4v) is 5.28. The van der Waals surface area contributed by atoms with Gasteiger partial charge in [-0.15, -0.1) is 0 Å². The summed E-state index contributed by atoms with van der Waals surface area (Å²) in [6.45, 7) is 6.07. The highest BCUT2D eigenvalue weighted by Gasteiger charge is 2.34. The molecule has 1 aliphatic heterocycles. The minimum absolute atomic E-state index is 0.161. The predicted octanol–water partition coefficient (Wildman–Crippen LogP) is 1.87. The first kappa shape index (κ1) is 15.3. The first-order chi connectivity index (χ1) is 9.00. The quantitative estimate of drug-likeness (QED) is 0.830. The lowest BCUT2D eigenvalue weighted by Gasteiger charge is -2.36. The predicted molar refractivity (Wildman–Crippen MR) is 78.5 cm³/mol. The van der Waals surface area contributed by atoms with Crippen LogP contribution in [0.5, 0.6) is 0 Å². The van der Waals surface area contributed by atoms with E-state index in [0.717, 1.165) is 45.2 Å². The maximum Gasteiger partial charge on any atom is 0.214 e. The molecule has 0 aromatic heterocycles. The Morgan fingerprint density at radius 3 is 2.32 bits per heavy atom. The number of hydrogen-bond donors (Lipinski definition) is 2. The SMILES string of the molecule is CC(C)C1CCCCC1NS(=O)(=O)C1CCNCC1. The number of piperidine rings is 1. The Hall–Kier alpha value is -0.130. The maximum atomic E-state index is 12.5. The lowest BCUT2D eigenvalue weighted by atomic mass is 9.78. The Kier molecular flexibility index (Phi) is 5.26. The van der Waals surface area contributed by atoms with E-state index in [1.165, 1.54) is 6.42 Å². The monoisotopic (exact) mass is 288 g/mol. The zero-order chi connectivity index (χ0) is 13.9. The van der Waals surface area contributed by atoms with Crippen molar-refractivity contribution in [3.8, 4) is 0 Å². The average Bonchev–Trinajstić information content (AvgIpc) is 2.39. The average molecular weight is 288 g/mol. The molecule has 1 saturated carbocycles. The molecule has 0 bridgehead atoms. The van der Waals surface area contributed by atoms with Crippen molar-refractivity contribution in [1.29, 1.82) is 0 Å². The van der Waals surface area contributed by atoms with Gasteiger partial charge in [-0.1, -0.05) is 26.7 Å². The fourth-order valence-electron chi connectivity index (χ4n) is 3.52. The summed E-state index contributed by atoms with van der Waals surface area (Å²) in [5.74, 6) is 1.06. The maximum absolute atomic E-state index is 12.5. The van der Waals surface area contributed by atoms with Crippen LogP contribution in [0.2, 0.25) is 0 Å². The molecule has 0 radical (unpaired) electrons. The molecular weight excluding hydrogens is 260 g/mol. The van der Waals surface area contributed by atoms with Gasteiger partial charge in [0, 0.05) is 6.04 Å². The van der Waals surface area contributed by atoms with Crippen molar-refractivity contribution < 1.29 is 8.42 Å². The molecule has 5 heteroatoms. The standard InChI is InChI=1S/C14H28N2O2S/c1-11(2)13-5-3-4-6-14(13)16-19(17,18)12-7-9-15-10-8-12/h11-16H,3-10H2,1-2H3. The van der Waals surface area contributed by atoms with Crippen LogP contribution in [0.1, 0.15) is 52.4 Å². The van der Waals surface area contributed by atoms with Crippen LogP contribution in [0.3, 0.4) is 0 Å². The first-order valence-corrected chi connectivity index (χ1v) is 9.27. The van der Waals surface area contributed by atoms with Crippen LogP contribution in [0.4, 0.5) is 0 Å². The van der Waals surface area contributed by atoms with Crippen molar-refractivity contribution in [3.05, 3.63) is 0 Å². The molecule has 1 heterocycles. The van der Waals surface area contributed by atoms with E-state index in [4.69, 9.17) is 0 Å². The number of sulfonamides is 1. The molecule has 2 aliphatic rings. The van der Waals surface area contributed by atoms with E-state index in [-0.39, 0.29) is 11.3 Å². The van der Waals surface area contributed by atoms with Gasteiger partial charge in [-0.05, 0) is 50.6 Å². The topological polar surface area (TPSA) is 58.2 Å². The Bertz CT molecular complexity index is 375. The molecule has 2 fully saturated rings. The smallest absolute Gasteiger partial charge is 0.214 e. The van der Waals surface area contributed by atoms with Crippen molar-refractivity contribution in [1.82, 2.24) is 10.0 Å². The number of nitrogens with one attached hydrogen (secondary N) is 2. The van der Waals surface area contributed by atoms with E-state index in [1.807, 2.05) is 0 Å². The highest BCUT2D eigenvalue weighted by atomic mass is 32.2. The van der Waals surface area contributed by atoms with Gasteiger partial charge in [-0.3, -0.25) is 0 Å². The van der Waals surface area contributed by atoms with E-state index in [0.29, 0.717) is 11.8 Å². The second kappa shape index (κ2) is 6.55. The van der Waals surface area contributed by atoms with Crippen LogP contribution in [0.15, 0.2) is 0 Å². The third kappa shape index (κ3) is 3.92. The zero-order valence-corrected chi connectivity index (χ0v) is 13.0. The minimum atomic E-state index is -3.14. The van der Waals surface area contributed by atoms with Gasteiger partial charge < -0.3 is 5.32 Å². The third-order valence-corrected chi connectivity index (χ3v) is 6.70. The Morgan fingerprint density at radius 2 is 1.68 bits per heavy atom. The lowest BCUT2D eigenvalue weighted by Crippen LogP contribution is -2.49. The van der Waals surface area contributed by atoms with Crippen LogP contribution in [0, 0.1) is 11.8 Å². The molecule has 0 amide bonds. The Labute approximate surface area is 117 Å². The third-order valence-electron chi connectivity index (χ3n) is 4.72. The second-order valence-corrected chi connectivity index (χ2v) is 8.40. The van der Waals surface area contributed by atoms with E-state index < -0.39 is 10.0 Å². The summed E-state index contributed by atoms with van der Waals surface area (Å²) in [6, 6.07) is 0.161. The van der Waals surface area contributed by atoms with E-state index in [9.17, 15) is 8.42 Å². The van der Waals surface area contributed by atoms with Gasteiger partial charge >= 0.3 is 0 Å². The summed E-state index contributed by atoms with van der Waals surface area (Å²) in [5, 5.41) is 3.03. The Balaban J connectivity index is 2.00. The van der Waals surface area contributed by atoms with Crippen molar-refractivity contribution >= 4 is 10.0 Å². The summed E-state index contributed by atoms with van der Waals surface area (Å²) < 4.78 is 28.0. The molecule has 4 nitrogen and oxygen atoms in total. The minimum Gasteiger partial charge on any atom is -0.317 e. The lowest BCUT2D eigenvalue weighted by molar-refractivity contribution is 0.225. The summed E-state index contributed by atoms with van der Waals surface area (Å²) in [5.41, 5.74) is 0. The molecule has 112 valence electrons. The summed E-state index contributed by atoms with van der Waals surface area (Å²) >= 11 is 0. The number of hydrogen-bond acceptors (Lipinski definition) is 3. The van der Waals surface area contributed by atoms with Crippen LogP contribution >= 0.6 is 0 Å². The van der Waals surface area contributed by atoms with Crippen molar-refractivity contribution in [2.24, 2.45) is 11.8 Å². The number of rotatable bonds is 4. The molecule has 1 saturated heterocycles. The molecule has 0 aromatic rings. The van der Waals surface area contributed by atoms with Crippen molar-refractivity contribution in [2.45, 2.75) is 63.7 Å². The van der Waals surface area contributed by atoms with Crippen LogP contribution in [0.25, 0.3) is 0 Å². The zero-order valence-electron chi connectivity index (χ0n) is 12.2. The van der Waals surface area contributed by atoms with Gasteiger partial charge in [0.1, 0.15) is 0 Å². The van der Waals surface area contributed by atoms with Crippen LogP contribution in [-0.2, 0) is 10.0 Å². The molecule has 0 spiro atoms. The molecule has 2 atom stereocenters. The van der Waals surface area contributed by atoms with Gasteiger partial charge in [-0.2, -0.15) is 0 Å². The summed E-state index contributed by atoms with van der Waals surface area (Å²) in [6.07, 6.45) is 6.06. The highest BCUT2D eigenvalue weighted by Crippen LogP contribution is 2.31. The molecular formula is C14H28N2O2S. The molecule has 2 unspecified atom stereocenters. The van der Waals surface area contributed by atoms with E-state index >= 15 is 0 Å². The van der Waals surface area contributed by atoms with Gasteiger partial charge in [0.2, 0.25) is 10.0 Å². The van der Waals surface area contributed by atoms with Gasteiger partial charge in [-0.25, -0.2) is 13.1 Å². The molecule has 2 rings (SSSR count). The normalized spacial score (nSPS) is 30.7. The van der Waals surface area contributed by atoms with Gasteiger partial charge in [0.05, 0.1) is 5.25 Å². The summed E-state index contributed by atoms with van der Waals surface area (Å²) in [4.78, 5) is 0. The van der Waals surface area contributed by atoms with Gasteiger partial charge in [0.25, 0.3) is 0 Å². The molecule has 2 N–H and O–H groups in total. The Morgan fingerprint density at radius 1 is 1.05 bits per heavy atom. The summed E-state index contributed by atoms with van der Waals surface area (Å²) in [7, 11) is -3.14. The van der Waals surface area contributed by atoms with Gasteiger partial charge in [0.15, 0.2) is 0 Å². The first-order valence-electron chi connectivity index (χ1n) is 7.72.